The van der Waals surface area contributed by atoms with Crippen molar-refractivity contribution < 1.29 is 27.4 Å². The van der Waals surface area contributed by atoms with E-state index in [2.05, 4.69) is 5.32 Å². The minimum atomic E-state index is -4.39. The molecule has 0 heterocycles. The number of halogens is 3. The summed E-state index contributed by atoms with van der Waals surface area (Å²) in [6.07, 6.45) is -4.39. The van der Waals surface area contributed by atoms with E-state index in [1.54, 1.807) is 37.4 Å². The maximum atomic E-state index is 12.9. The van der Waals surface area contributed by atoms with Crippen LogP contribution in [0.4, 0.5) is 13.2 Å². The number of alkyl halides is 3. The molecule has 0 fully saturated rings. The quantitative estimate of drug-likeness (QED) is 0.592. The van der Waals surface area contributed by atoms with Crippen LogP contribution in [0.25, 0.3) is 21.9 Å². The van der Waals surface area contributed by atoms with Crippen LogP contribution in [0, 0.1) is 0 Å². The Morgan fingerprint density at radius 3 is 2.33 bits per heavy atom. The Bertz CT molecular complexity index is 1050. The molecule has 3 aromatic rings. The van der Waals surface area contributed by atoms with Gasteiger partial charge in [0.05, 0.1) is 19.3 Å². The molecule has 0 radical (unpaired) electrons. The molecule has 1 N–H and O–H groups in total. The van der Waals surface area contributed by atoms with Crippen molar-refractivity contribution in [2.45, 2.75) is 19.1 Å². The molecule has 3 aromatic carbocycles. The first kappa shape index (κ1) is 21.6. The highest BCUT2D eigenvalue weighted by molar-refractivity contribution is 6.03. The lowest BCUT2D eigenvalue weighted by molar-refractivity contribution is -0.137. The highest BCUT2D eigenvalue weighted by Gasteiger charge is 2.30. The number of methoxy groups -OCH3 is 2. The van der Waals surface area contributed by atoms with Gasteiger partial charge in [0, 0.05) is 18.7 Å². The first-order valence-corrected chi connectivity index (χ1v) is 9.32. The number of hydrogen-bond acceptors (Lipinski definition) is 3. The Labute approximate surface area is 172 Å². The maximum Gasteiger partial charge on any atom is 0.416 e. The van der Waals surface area contributed by atoms with Crippen molar-refractivity contribution in [3.05, 3.63) is 65.7 Å². The third kappa shape index (κ3) is 4.74. The lowest BCUT2D eigenvalue weighted by atomic mass is 9.95. The van der Waals surface area contributed by atoms with Gasteiger partial charge in [-0.05, 0) is 65.2 Å². The lowest BCUT2D eigenvalue weighted by Gasteiger charge is -2.15. The van der Waals surface area contributed by atoms with Gasteiger partial charge in [-0.25, -0.2) is 0 Å². The van der Waals surface area contributed by atoms with Crippen LogP contribution in [0.3, 0.4) is 0 Å². The van der Waals surface area contributed by atoms with Gasteiger partial charge in [0.15, 0.2) is 0 Å². The summed E-state index contributed by atoms with van der Waals surface area (Å²) in [4.78, 5) is 12.5. The average Bonchev–Trinajstić information content (AvgIpc) is 2.72. The van der Waals surface area contributed by atoms with Gasteiger partial charge in [-0.3, -0.25) is 4.79 Å². The summed E-state index contributed by atoms with van der Waals surface area (Å²) in [7, 11) is 3.08. The van der Waals surface area contributed by atoms with Gasteiger partial charge in [0.1, 0.15) is 5.75 Å². The number of hydrogen-bond donors (Lipinski definition) is 1. The van der Waals surface area contributed by atoms with Gasteiger partial charge in [0.25, 0.3) is 5.91 Å². The van der Waals surface area contributed by atoms with Crippen LogP contribution in [-0.4, -0.2) is 32.8 Å². The van der Waals surface area contributed by atoms with E-state index in [1.807, 2.05) is 6.92 Å². The van der Waals surface area contributed by atoms with Gasteiger partial charge in [-0.1, -0.05) is 18.2 Å². The molecule has 0 aliphatic carbocycles. The SMILES string of the molecule is COC[C@H](C)NC(=O)c1ccc2c(-c3ccc(C(F)(F)F)cc3)cc(OC)cc2c1. The van der Waals surface area contributed by atoms with E-state index < -0.39 is 11.7 Å². The summed E-state index contributed by atoms with van der Waals surface area (Å²) in [6, 6.07) is 13.6. The molecule has 3 rings (SSSR count). The zero-order valence-corrected chi connectivity index (χ0v) is 16.8. The zero-order chi connectivity index (χ0) is 21.9. The van der Waals surface area contributed by atoms with E-state index in [-0.39, 0.29) is 11.9 Å². The van der Waals surface area contributed by atoms with Crippen LogP contribution in [0.1, 0.15) is 22.8 Å². The second-order valence-electron chi connectivity index (χ2n) is 7.02. The van der Waals surface area contributed by atoms with Gasteiger partial charge >= 0.3 is 6.18 Å². The fraction of sp³-hybridized carbons (Fsp3) is 0.261. The van der Waals surface area contributed by atoms with E-state index >= 15 is 0 Å². The summed E-state index contributed by atoms with van der Waals surface area (Å²) < 4.78 is 49.1. The van der Waals surface area contributed by atoms with Crippen molar-refractivity contribution in [1.82, 2.24) is 5.32 Å². The van der Waals surface area contributed by atoms with Crippen LogP contribution in [0.5, 0.6) is 5.75 Å². The summed E-state index contributed by atoms with van der Waals surface area (Å²) in [5, 5.41) is 4.40. The Morgan fingerprint density at radius 1 is 1.03 bits per heavy atom. The van der Waals surface area contributed by atoms with Crippen molar-refractivity contribution in [3.8, 4) is 16.9 Å². The standard InChI is InChI=1S/C23H22F3NO3/c1-14(13-29-2)27-22(28)16-6-9-20-17(10-16)11-19(30-3)12-21(20)15-4-7-18(8-5-15)23(24,25)26/h4-12,14H,13H2,1-3H3,(H,27,28)/t14-/m0/s1. The molecule has 0 aliphatic rings. The van der Waals surface area contributed by atoms with Crippen molar-refractivity contribution in [3.63, 3.8) is 0 Å². The highest BCUT2D eigenvalue weighted by Crippen LogP contribution is 2.36. The molecule has 1 amide bonds. The number of ether oxygens (including phenoxy) is 2. The highest BCUT2D eigenvalue weighted by atomic mass is 19.4. The summed E-state index contributed by atoms with van der Waals surface area (Å²) >= 11 is 0. The first-order chi connectivity index (χ1) is 14.2. The Kier molecular flexibility index (Phi) is 6.31. The Balaban J connectivity index is 2.02. The molecule has 158 valence electrons. The third-order valence-corrected chi connectivity index (χ3v) is 4.74. The normalized spacial score (nSPS) is 12.6. The molecule has 7 heteroatoms. The molecular formula is C23H22F3NO3. The predicted octanol–water partition coefficient (Wildman–Crippen LogP) is 5.30. The molecule has 0 saturated heterocycles. The van der Waals surface area contributed by atoms with Gasteiger partial charge in [0.2, 0.25) is 0 Å². The minimum absolute atomic E-state index is 0.147. The Hall–Kier alpha value is -3.06. The van der Waals surface area contributed by atoms with Crippen molar-refractivity contribution in [2.24, 2.45) is 0 Å². The molecule has 0 aliphatic heterocycles. The van der Waals surface area contributed by atoms with Crippen molar-refractivity contribution in [1.29, 1.82) is 0 Å². The van der Waals surface area contributed by atoms with Crippen LogP contribution in [0.15, 0.2) is 54.6 Å². The number of nitrogens with one attached hydrogen (secondary N) is 1. The number of carbonyl (C=O) groups is 1. The average molecular weight is 417 g/mol. The van der Waals surface area contributed by atoms with Crippen molar-refractivity contribution in [2.75, 3.05) is 20.8 Å². The molecule has 1 atom stereocenters. The second kappa shape index (κ2) is 8.75. The molecule has 30 heavy (non-hydrogen) atoms. The topological polar surface area (TPSA) is 47.6 Å². The van der Waals surface area contributed by atoms with Crippen LogP contribution in [-0.2, 0) is 10.9 Å². The summed E-state index contributed by atoms with van der Waals surface area (Å²) in [5.74, 6) is 0.308. The largest absolute Gasteiger partial charge is 0.497 e. The second-order valence-corrected chi connectivity index (χ2v) is 7.02. The van der Waals surface area contributed by atoms with E-state index in [1.165, 1.54) is 19.2 Å². The third-order valence-electron chi connectivity index (χ3n) is 4.74. The number of carbonyl (C=O) groups excluding carboxylic acids is 1. The zero-order valence-electron chi connectivity index (χ0n) is 16.8. The van der Waals surface area contributed by atoms with Crippen molar-refractivity contribution >= 4 is 16.7 Å². The fourth-order valence-corrected chi connectivity index (χ4v) is 3.28. The van der Waals surface area contributed by atoms with Gasteiger partial charge in [-0.2, -0.15) is 13.2 Å². The van der Waals surface area contributed by atoms with Crippen LogP contribution >= 0.6 is 0 Å². The molecule has 0 spiro atoms. The van der Waals surface area contributed by atoms with E-state index in [0.717, 1.165) is 28.5 Å². The molecule has 0 unspecified atom stereocenters. The minimum Gasteiger partial charge on any atom is -0.497 e. The first-order valence-electron chi connectivity index (χ1n) is 9.32. The maximum absolute atomic E-state index is 12.9. The summed E-state index contributed by atoms with van der Waals surface area (Å²) in [6.45, 7) is 2.24. The number of rotatable bonds is 6. The van der Waals surface area contributed by atoms with Crippen LogP contribution in [0.2, 0.25) is 0 Å². The fourth-order valence-electron chi connectivity index (χ4n) is 3.28. The van der Waals surface area contributed by atoms with E-state index in [9.17, 15) is 18.0 Å². The number of benzene rings is 3. The molecule has 0 bridgehead atoms. The molecule has 0 aromatic heterocycles. The Morgan fingerprint density at radius 2 is 1.73 bits per heavy atom. The molecular weight excluding hydrogens is 395 g/mol. The van der Waals surface area contributed by atoms with Gasteiger partial charge < -0.3 is 14.8 Å². The molecule has 4 nitrogen and oxygen atoms in total. The number of amides is 1. The van der Waals surface area contributed by atoms with E-state index in [4.69, 9.17) is 9.47 Å². The molecule has 0 saturated carbocycles. The predicted molar refractivity (Wildman–Crippen MR) is 110 cm³/mol. The van der Waals surface area contributed by atoms with Gasteiger partial charge in [-0.15, -0.1) is 0 Å². The summed E-state index contributed by atoms with van der Waals surface area (Å²) in [5.41, 5.74) is 1.11. The lowest BCUT2D eigenvalue weighted by Crippen LogP contribution is -2.35. The number of fused-ring (bicyclic) bond motifs is 1. The smallest absolute Gasteiger partial charge is 0.416 e. The monoisotopic (exact) mass is 417 g/mol. The van der Waals surface area contributed by atoms with E-state index in [0.29, 0.717) is 23.5 Å². The van der Waals surface area contributed by atoms with Crippen LogP contribution < -0.4 is 10.1 Å².